The Labute approximate surface area is 132 Å². The first-order valence-electron chi connectivity index (χ1n) is 7.47. The lowest BCUT2D eigenvalue weighted by Crippen LogP contribution is -2.19. The molecule has 3 heterocycles. The van der Waals surface area contributed by atoms with E-state index in [9.17, 15) is 4.79 Å². The highest BCUT2D eigenvalue weighted by Crippen LogP contribution is 2.29. The molecule has 0 atom stereocenters. The Balaban J connectivity index is 2.33. The summed E-state index contributed by atoms with van der Waals surface area (Å²) < 4.78 is 5.23. The third-order valence-electron chi connectivity index (χ3n) is 4.33. The summed E-state index contributed by atoms with van der Waals surface area (Å²) in [6, 6.07) is 9.95. The van der Waals surface area contributed by atoms with E-state index >= 15 is 0 Å². The Morgan fingerprint density at radius 2 is 1.57 bits per heavy atom. The van der Waals surface area contributed by atoms with E-state index in [0.29, 0.717) is 5.52 Å². The van der Waals surface area contributed by atoms with E-state index < -0.39 is 0 Å². The lowest BCUT2D eigenvalue weighted by atomic mass is 10.2. The van der Waals surface area contributed by atoms with Gasteiger partial charge in [-0.05, 0) is 26.0 Å². The van der Waals surface area contributed by atoms with Gasteiger partial charge < -0.3 is 4.57 Å². The Morgan fingerprint density at radius 3 is 2.26 bits per heavy atom. The Morgan fingerprint density at radius 1 is 0.870 bits per heavy atom. The van der Waals surface area contributed by atoms with Crippen LogP contribution in [-0.4, -0.2) is 24.1 Å². The molecule has 0 saturated heterocycles. The van der Waals surface area contributed by atoms with Crippen LogP contribution in [0.4, 0.5) is 0 Å². The second-order valence-electron chi connectivity index (χ2n) is 5.83. The van der Waals surface area contributed by atoms with Gasteiger partial charge >= 0.3 is 0 Å². The topological polar surface area (TPSA) is 57.6 Å². The zero-order valence-corrected chi connectivity index (χ0v) is 13.5. The van der Waals surface area contributed by atoms with Crippen LogP contribution in [0.5, 0.6) is 0 Å². The zero-order valence-electron chi connectivity index (χ0n) is 13.5. The van der Waals surface area contributed by atoms with Gasteiger partial charge in [0.25, 0.3) is 5.56 Å². The summed E-state index contributed by atoms with van der Waals surface area (Å²) in [7, 11) is 3.59. The molecule has 116 valence electrons. The molecule has 1 aromatic carbocycles. The molecule has 4 rings (SSSR count). The molecule has 0 N–H and O–H groups in total. The second kappa shape index (κ2) is 4.55. The fourth-order valence-corrected chi connectivity index (χ4v) is 3.35. The molecule has 0 radical (unpaired) electrons. The van der Waals surface area contributed by atoms with Crippen molar-refractivity contribution in [3.8, 4) is 5.69 Å². The first kappa shape index (κ1) is 13.8. The third kappa shape index (κ3) is 1.72. The van der Waals surface area contributed by atoms with E-state index in [-0.39, 0.29) is 5.56 Å². The van der Waals surface area contributed by atoms with E-state index in [1.54, 1.807) is 23.3 Å². The number of pyridine rings is 1. The fraction of sp³-hybridized carbons (Fsp3) is 0.235. The minimum atomic E-state index is -0.0497. The molecule has 0 aliphatic heterocycles. The molecule has 3 aromatic heterocycles. The number of hydrogen-bond acceptors (Lipinski definition) is 3. The number of benzene rings is 1. The average molecular weight is 307 g/mol. The van der Waals surface area contributed by atoms with Crippen molar-refractivity contribution in [2.45, 2.75) is 13.8 Å². The van der Waals surface area contributed by atoms with Crippen LogP contribution in [0.25, 0.3) is 27.6 Å². The van der Waals surface area contributed by atoms with E-state index in [2.05, 4.69) is 10.2 Å². The van der Waals surface area contributed by atoms with Gasteiger partial charge in [-0.1, -0.05) is 18.2 Å². The minimum Gasteiger partial charge on any atom is -0.306 e. The second-order valence-corrected chi connectivity index (χ2v) is 5.83. The smallest absolute Gasteiger partial charge is 0.277 e. The molecule has 0 aliphatic rings. The fourth-order valence-electron chi connectivity index (χ4n) is 3.35. The van der Waals surface area contributed by atoms with E-state index in [4.69, 9.17) is 0 Å². The quantitative estimate of drug-likeness (QED) is 0.542. The van der Waals surface area contributed by atoms with Crippen molar-refractivity contribution in [2.24, 2.45) is 14.1 Å². The van der Waals surface area contributed by atoms with Crippen LogP contribution in [0.3, 0.4) is 0 Å². The SMILES string of the molecule is Cc1nn(C)c2c(=O)n(C)c3c(C)nn(-c4ccccc4)c3c12. The van der Waals surface area contributed by atoms with Crippen molar-refractivity contribution in [1.82, 2.24) is 24.1 Å². The number of aromatic nitrogens is 5. The molecule has 0 fully saturated rings. The Bertz CT molecular complexity index is 1120. The molecule has 0 saturated carbocycles. The summed E-state index contributed by atoms with van der Waals surface area (Å²) in [6.07, 6.45) is 0. The van der Waals surface area contributed by atoms with Gasteiger partial charge in [-0.3, -0.25) is 9.48 Å². The van der Waals surface area contributed by atoms with Crippen LogP contribution >= 0.6 is 0 Å². The third-order valence-corrected chi connectivity index (χ3v) is 4.33. The van der Waals surface area contributed by atoms with Crippen molar-refractivity contribution in [2.75, 3.05) is 0 Å². The van der Waals surface area contributed by atoms with Gasteiger partial charge in [-0.25, -0.2) is 4.68 Å². The molecular weight excluding hydrogens is 290 g/mol. The van der Waals surface area contributed by atoms with Crippen LogP contribution in [0.1, 0.15) is 11.4 Å². The maximum atomic E-state index is 12.7. The van der Waals surface area contributed by atoms with Crippen LogP contribution in [0, 0.1) is 13.8 Å². The summed E-state index contributed by atoms with van der Waals surface area (Å²) in [5.41, 5.74) is 4.96. The zero-order chi connectivity index (χ0) is 16.3. The number of fused-ring (bicyclic) bond motifs is 3. The van der Waals surface area contributed by atoms with Crippen molar-refractivity contribution < 1.29 is 0 Å². The lowest BCUT2D eigenvalue weighted by molar-refractivity contribution is 0.772. The number of nitrogens with zero attached hydrogens (tertiary/aromatic N) is 5. The summed E-state index contributed by atoms with van der Waals surface area (Å²) in [6.45, 7) is 3.86. The Hall–Kier alpha value is -2.89. The van der Waals surface area contributed by atoms with Gasteiger partial charge in [0.1, 0.15) is 11.0 Å². The van der Waals surface area contributed by atoms with Gasteiger partial charge in [0.05, 0.1) is 28.0 Å². The van der Waals surface area contributed by atoms with Crippen molar-refractivity contribution >= 4 is 21.9 Å². The summed E-state index contributed by atoms with van der Waals surface area (Å²) in [5, 5.41) is 10.0. The molecule has 0 amide bonds. The monoisotopic (exact) mass is 307 g/mol. The highest BCUT2D eigenvalue weighted by Gasteiger charge is 2.21. The number of rotatable bonds is 1. The molecule has 6 heteroatoms. The van der Waals surface area contributed by atoms with E-state index in [1.165, 1.54) is 0 Å². The maximum Gasteiger partial charge on any atom is 0.277 e. The number of aryl methyl sites for hydroxylation is 4. The average Bonchev–Trinajstić information content (AvgIpc) is 3.02. The first-order valence-corrected chi connectivity index (χ1v) is 7.47. The van der Waals surface area contributed by atoms with Crippen LogP contribution in [0.15, 0.2) is 35.1 Å². The molecule has 23 heavy (non-hydrogen) atoms. The highest BCUT2D eigenvalue weighted by atomic mass is 16.1. The van der Waals surface area contributed by atoms with Crippen molar-refractivity contribution in [3.63, 3.8) is 0 Å². The van der Waals surface area contributed by atoms with Gasteiger partial charge in [0, 0.05) is 14.1 Å². The van der Waals surface area contributed by atoms with Crippen molar-refractivity contribution in [1.29, 1.82) is 0 Å². The Kier molecular flexibility index (Phi) is 2.72. The number of hydrogen-bond donors (Lipinski definition) is 0. The maximum absolute atomic E-state index is 12.7. The summed E-state index contributed by atoms with van der Waals surface area (Å²) in [5.74, 6) is 0. The summed E-state index contributed by atoms with van der Waals surface area (Å²) in [4.78, 5) is 12.7. The normalized spacial score (nSPS) is 11.7. The first-order chi connectivity index (χ1) is 11.0. The van der Waals surface area contributed by atoms with Gasteiger partial charge in [0.2, 0.25) is 0 Å². The van der Waals surface area contributed by atoms with Crippen LogP contribution < -0.4 is 5.56 Å². The van der Waals surface area contributed by atoms with Crippen molar-refractivity contribution in [3.05, 3.63) is 52.1 Å². The summed E-state index contributed by atoms with van der Waals surface area (Å²) >= 11 is 0. The van der Waals surface area contributed by atoms with Crippen LogP contribution in [-0.2, 0) is 14.1 Å². The molecular formula is C17H17N5O. The molecule has 0 unspecified atom stereocenters. The highest BCUT2D eigenvalue weighted by molar-refractivity contribution is 6.05. The standard InChI is InChI=1S/C17H17N5O/c1-10-13-15-14(20(3)17(23)16(13)21(4)18-10)11(2)19-22(15)12-8-6-5-7-9-12/h5-9H,1-4H3. The van der Waals surface area contributed by atoms with E-state index in [1.807, 2.05) is 48.9 Å². The molecule has 0 spiro atoms. The molecule has 4 aromatic rings. The molecule has 0 aliphatic carbocycles. The van der Waals surface area contributed by atoms with Gasteiger partial charge in [-0.15, -0.1) is 0 Å². The minimum absolute atomic E-state index is 0.0497. The van der Waals surface area contributed by atoms with Gasteiger partial charge in [0.15, 0.2) is 0 Å². The largest absolute Gasteiger partial charge is 0.306 e. The predicted octanol–water partition coefficient (Wildman–Crippen LogP) is 2.23. The molecule has 0 bridgehead atoms. The number of para-hydroxylation sites is 1. The molecule has 6 nitrogen and oxygen atoms in total. The predicted molar refractivity (Wildman–Crippen MR) is 90.1 cm³/mol. The van der Waals surface area contributed by atoms with Crippen LogP contribution in [0.2, 0.25) is 0 Å². The lowest BCUT2D eigenvalue weighted by Gasteiger charge is -2.07. The van der Waals surface area contributed by atoms with Gasteiger partial charge in [-0.2, -0.15) is 10.2 Å². The van der Waals surface area contributed by atoms with E-state index in [0.717, 1.165) is 33.5 Å².